The third-order valence-corrected chi connectivity index (χ3v) is 4.90. The molecule has 30 heavy (non-hydrogen) atoms. The van der Waals surface area contributed by atoms with E-state index in [1.807, 2.05) is 0 Å². The van der Waals surface area contributed by atoms with Crippen molar-refractivity contribution >= 4 is 49.0 Å². The first-order valence-electron chi connectivity index (χ1n) is 9.19. The summed E-state index contributed by atoms with van der Waals surface area (Å²) in [4.78, 5) is 34.0. The zero-order valence-electron chi connectivity index (χ0n) is 17.2. The van der Waals surface area contributed by atoms with Gasteiger partial charge in [0.25, 0.3) is 8.53 Å². The molecular weight excluding hydrogens is 437 g/mol. The lowest BCUT2D eigenvalue weighted by molar-refractivity contribution is -0.145. The van der Waals surface area contributed by atoms with Gasteiger partial charge in [0.05, 0.1) is 31.0 Å². The fraction of sp³-hybridized carbons (Fsp3) is 0.625. The second kappa shape index (κ2) is 11.5. The van der Waals surface area contributed by atoms with Gasteiger partial charge in [0, 0.05) is 7.05 Å². The van der Waals surface area contributed by atoms with E-state index >= 15 is 0 Å². The fourth-order valence-corrected chi connectivity index (χ4v) is 3.30. The largest absolute Gasteiger partial charge is 0.462 e. The van der Waals surface area contributed by atoms with Crippen molar-refractivity contribution in [3.63, 3.8) is 0 Å². The molecule has 0 spiro atoms. The summed E-state index contributed by atoms with van der Waals surface area (Å²) in [7, 11) is -0.327. The lowest BCUT2D eigenvalue weighted by Crippen LogP contribution is -2.27. The number of hydrogen-bond acceptors (Lipinski definition) is 11. The van der Waals surface area contributed by atoms with E-state index in [9.17, 15) is 9.69 Å². The summed E-state index contributed by atoms with van der Waals surface area (Å²) in [5.41, 5.74) is 6.82. The van der Waals surface area contributed by atoms with E-state index < -0.39 is 26.8 Å². The van der Waals surface area contributed by atoms with Gasteiger partial charge < -0.3 is 29.9 Å². The zero-order chi connectivity index (χ0) is 22.3. The number of rotatable bonds is 12. The molecule has 2 rings (SSSR count). The molecule has 0 aliphatic rings. The van der Waals surface area contributed by atoms with Gasteiger partial charge in [-0.1, -0.05) is 0 Å². The van der Waals surface area contributed by atoms with Gasteiger partial charge in [0.2, 0.25) is 5.95 Å². The average Bonchev–Trinajstić information content (AvgIpc) is 3.12. The molecule has 0 aliphatic carbocycles. The van der Waals surface area contributed by atoms with Crippen molar-refractivity contribution in [3.8, 4) is 0 Å². The predicted molar refractivity (Wildman–Crippen MR) is 114 cm³/mol. The Morgan fingerprint density at radius 2 is 2.13 bits per heavy atom. The van der Waals surface area contributed by atoms with Crippen LogP contribution in [0, 0.1) is 0 Å². The molecule has 2 aromatic heterocycles. The fourth-order valence-electron chi connectivity index (χ4n) is 2.47. The number of alkyl halides is 1. The predicted octanol–water partition coefficient (Wildman–Crippen LogP) is 1.37. The molecule has 14 heteroatoms. The molecular formula is C16H27ClN7O5P. The van der Waals surface area contributed by atoms with Gasteiger partial charge in [0.15, 0.2) is 17.0 Å². The van der Waals surface area contributed by atoms with Gasteiger partial charge in [-0.2, -0.15) is 9.97 Å². The number of aromatic nitrogens is 4. The van der Waals surface area contributed by atoms with Crippen molar-refractivity contribution in [2.24, 2.45) is 0 Å². The summed E-state index contributed by atoms with van der Waals surface area (Å²) in [6.45, 7) is 5.11. The Balaban J connectivity index is 1.92. The van der Waals surface area contributed by atoms with Crippen LogP contribution in [0.3, 0.4) is 0 Å². The third kappa shape index (κ3) is 6.86. The van der Waals surface area contributed by atoms with Crippen LogP contribution in [-0.2, 0) is 18.8 Å². The van der Waals surface area contributed by atoms with Crippen LogP contribution in [0.5, 0.6) is 0 Å². The second-order valence-electron chi connectivity index (χ2n) is 6.46. The smallest absolute Gasteiger partial charge is 0.320 e. The zero-order valence-corrected chi connectivity index (χ0v) is 18.9. The summed E-state index contributed by atoms with van der Waals surface area (Å²) in [5.74, 6) is 0.247. The van der Waals surface area contributed by atoms with Crippen LogP contribution in [0.15, 0.2) is 6.33 Å². The van der Waals surface area contributed by atoms with E-state index in [-0.39, 0.29) is 31.1 Å². The monoisotopic (exact) mass is 463 g/mol. The molecule has 0 bridgehead atoms. The summed E-state index contributed by atoms with van der Waals surface area (Å²) < 4.78 is 17.9. The van der Waals surface area contributed by atoms with Gasteiger partial charge in [0.1, 0.15) is 12.8 Å². The Hall–Kier alpha value is -1.82. The van der Waals surface area contributed by atoms with Crippen LogP contribution in [0.4, 0.5) is 11.8 Å². The number of esters is 1. The van der Waals surface area contributed by atoms with Crippen LogP contribution < -0.4 is 16.1 Å². The number of nitrogen functional groups attached to an aromatic ring is 1. The molecule has 0 aromatic carbocycles. The van der Waals surface area contributed by atoms with Crippen molar-refractivity contribution in [3.05, 3.63) is 6.33 Å². The Labute approximate surface area is 180 Å². The minimum Gasteiger partial charge on any atom is -0.462 e. The summed E-state index contributed by atoms with van der Waals surface area (Å²) >= 11 is 5.98. The van der Waals surface area contributed by atoms with Crippen LogP contribution in [0.1, 0.15) is 27.0 Å². The number of nitrogens with one attached hydrogen (secondary N) is 2. The molecule has 168 valence electrons. The lowest BCUT2D eigenvalue weighted by atomic mass is 10.4. The minimum absolute atomic E-state index is 0.00773. The molecule has 0 saturated carbocycles. The molecule has 3 unspecified atom stereocenters. The maximum Gasteiger partial charge on any atom is 0.320 e. The highest BCUT2D eigenvalue weighted by atomic mass is 35.5. The Kier molecular flexibility index (Phi) is 9.40. The summed E-state index contributed by atoms with van der Waals surface area (Å²) in [6.07, 6.45) is 0.297. The van der Waals surface area contributed by atoms with Crippen molar-refractivity contribution in [2.45, 2.75) is 39.2 Å². The van der Waals surface area contributed by atoms with E-state index in [0.717, 1.165) is 0 Å². The SMILES string of the molecule is CNc1nc(N)nc2c1ncn2C(C)OC(CCl)COP(O)NCC(=O)OC(C)C. The number of carbonyl (C=O) groups is 1. The first-order chi connectivity index (χ1) is 14.2. The van der Waals surface area contributed by atoms with Gasteiger partial charge in [-0.15, -0.1) is 11.6 Å². The van der Waals surface area contributed by atoms with Crippen molar-refractivity contribution < 1.29 is 23.7 Å². The highest BCUT2D eigenvalue weighted by molar-refractivity contribution is 7.43. The summed E-state index contributed by atoms with van der Waals surface area (Å²) in [5, 5.41) is 5.49. The number of nitrogens with two attached hydrogens (primary N) is 1. The first kappa shape index (κ1) is 24.4. The topological polar surface area (TPSA) is 159 Å². The molecule has 0 radical (unpaired) electrons. The van der Waals surface area contributed by atoms with Gasteiger partial charge in [-0.3, -0.25) is 9.36 Å². The van der Waals surface area contributed by atoms with Crippen LogP contribution in [0.2, 0.25) is 0 Å². The van der Waals surface area contributed by atoms with Crippen molar-refractivity contribution in [1.29, 1.82) is 0 Å². The van der Waals surface area contributed by atoms with E-state index in [4.69, 9.17) is 31.3 Å². The summed E-state index contributed by atoms with van der Waals surface area (Å²) in [6, 6.07) is 0. The van der Waals surface area contributed by atoms with E-state index in [1.54, 1.807) is 38.7 Å². The van der Waals surface area contributed by atoms with Crippen molar-refractivity contribution in [2.75, 3.05) is 37.1 Å². The van der Waals surface area contributed by atoms with Crippen molar-refractivity contribution in [1.82, 2.24) is 24.6 Å². The molecule has 0 saturated heterocycles. The number of anilines is 2. The van der Waals surface area contributed by atoms with Gasteiger partial charge in [-0.05, 0) is 20.8 Å². The number of nitrogens with zero attached hydrogens (tertiary/aromatic N) is 4. The highest BCUT2D eigenvalue weighted by Gasteiger charge is 2.20. The lowest BCUT2D eigenvalue weighted by Gasteiger charge is -2.23. The van der Waals surface area contributed by atoms with Gasteiger partial charge in [-0.25, -0.2) is 10.1 Å². The number of halogens is 1. The first-order valence-corrected chi connectivity index (χ1v) is 10.9. The number of ether oxygens (including phenoxy) is 2. The van der Waals surface area contributed by atoms with Crippen LogP contribution >= 0.6 is 20.1 Å². The molecule has 5 N–H and O–H groups in total. The molecule has 2 aromatic rings. The van der Waals surface area contributed by atoms with E-state index in [2.05, 4.69) is 25.4 Å². The molecule has 0 aliphatic heterocycles. The van der Waals surface area contributed by atoms with Crippen LogP contribution in [-0.4, -0.2) is 68.7 Å². The highest BCUT2D eigenvalue weighted by Crippen LogP contribution is 2.27. The third-order valence-electron chi connectivity index (χ3n) is 3.74. The standard InChI is InChI=1S/C16H27ClN7O5P/c1-9(2)28-12(25)6-21-30(26)27-7-11(5-17)29-10(3)24-8-20-13-14(19-4)22-16(18)23-15(13)24/h8-11,21,26H,5-7H2,1-4H3,(H3,18,19,22,23). The molecule has 2 heterocycles. The number of fused-ring (bicyclic) bond motifs is 1. The Morgan fingerprint density at radius 1 is 1.40 bits per heavy atom. The van der Waals surface area contributed by atoms with E-state index in [1.165, 1.54) is 0 Å². The Bertz CT molecular complexity index is 840. The maximum absolute atomic E-state index is 11.5. The number of imidazole rings is 1. The van der Waals surface area contributed by atoms with E-state index in [0.29, 0.717) is 17.0 Å². The van der Waals surface area contributed by atoms with Gasteiger partial charge >= 0.3 is 5.97 Å². The molecule has 12 nitrogen and oxygen atoms in total. The quantitative estimate of drug-likeness (QED) is 0.204. The minimum atomic E-state index is -2.04. The number of hydrogen-bond donors (Lipinski definition) is 4. The normalized spacial score (nSPS) is 14.6. The average molecular weight is 464 g/mol. The Morgan fingerprint density at radius 3 is 2.77 bits per heavy atom. The maximum atomic E-state index is 11.5. The molecule has 3 atom stereocenters. The number of carbonyl (C=O) groups excluding carboxylic acids is 1. The molecule has 0 amide bonds. The van der Waals surface area contributed by atoms with Crippen LogP contribution in [0.25, 0.3) is 11.2 Å². The molecule has 0 fully saturated rings. The second-order valence-corrected chi connectivity index (χ2v) is 7.89.